The molecule has 4 nitrogen and oxygen atoms in total. The third kappa shape index (κ3) is 4.29. The molecule has 0 aliphatic rings. The van der Waals surface area contributed by atoms with E-state index in [1.54, 1.807) is 12.1 Å². The third-order valence-electron chi connectivity index (χ3n) is 3.65. The third-order valence-corrected chi connectivity index (χ3v) is 3.65. The molecule has 0 fully saturated rings. The quantitative estimate of drug-likeness (QED) is 0.709. The Hall–Kier alpha value is -2.95. The average Bonchev–Trinajstić information content (AvgIpc) is 2.59. The highest BCUT2D eigenvalue weighted by atomic mass is 19.1. The zero-order chi connectivity index (χ0) is 16.8. The van der Waals surface area contributed by atoms with Gasteiger partial charge in [0, 0.05) is 18.3 Å². The maximum atomic E-state index is 13.6. The van der Waals surface area contributed by atoms with Gasteiger partial charge in [0.15, 0.2) is 0 Å². The summed E-state index contributed by atoms with van der Waals surface area (Å²) < 4.78 is 13.6. The van der Waals surface area contributed by atoms with Gasteiger partial charge in [0.2, 0.25) is 0 Å². The number of rotatable bonds is 6. The summed E-state index contributed by atoms with van der Waals surface area (Å²) in [4.78, 5) is 8.41. The molecule has 3 aromatic rings. The molecule has 0 aliphatic heterocycles. The lowest BCUT2D eigenvalue weighted by Gasteiger charge is -2.09. The summed E-state index contributed by atoms with van der Waals surface area (Å²) in [6, 6.07) is 16.7. The van der Waals surface area contributed by atoms with Crippen LogP contribution >= 0.6 is 0 Å². The fraction of sp³-hybridized carbons (Fsp3) is 0.158. The molecule has 0 spiro atoms. The van der Waals surface area contributed by atoms with Gasteiger partial charge in [0.25, 0.3) is 0 Å². The van der Waals surface area contributed by atoms with E-state index in [0.29, 0.717) is 30.2 Å². The fourth-order valence-electron chi connectivity index (χ4n) is 2.33. The minimum absolute atomic E-state index is 0.177. The van der Waals surface area contributed by atoms with Crippen LogP contribution < -0.4 is 10.6 Å². The number of nitrogens with zero attached hydrogens (tertiary/aromatic N) is 2. The Labute approximate surface area is 140 Å². The first-order valence-corrected chi connectivity index (χ1v) is 7.84. The molecule has 0 aliphatic carbocycles. The second-order valence-corrected chi connectivity index (χ2v) is 5.55. The van der Waals surface area contributed by atoms with Crippen LogP contribution in [0.15, 0.2) is 60.9 Å². The van der Waals surface area contributed by atoms with E-state index in [4.69, 9.17) is 0 Å². The van der Waals surface area contributed by atoms with Crippen molar-refractivity contribution in [1.82, 2.24) is 9.97 Å². The van der Waals surface area contributed by atoms with Crippen molar-refractivity contribution in [3.63, 3.8) is 0 Å². The van der Waals surface area contributed by atoms with Crippen molar-refractivity contribution in [1.29, 1.82) is 0 Å². The van der Waals surface area contributed by atoms with Gasteiger partial charge in [0.05, 0.1) is 0 Å². The first-order valence-electron chi connectivity index (χ1n) is 7.84. The molecular weight excluding hydrogens is 303 g/mol. The molecule has 5 heteroatoms. The fourth-order valence-corrected chi connectivity index (χ4v) is 2.33. The van der Waals surface area contributed by atoms with Gasteiger partial charge >= 0.3 is 0 Å². The maximum absolute atomic E-state index is 13.6. The highest BCUT2D eigenvalue weighted by Crippen LogP contribution is 2.17. The number of halogens is 1. The molecule has 0 radical (unpaired) electrons. The van der Waals surface area contributed by atoms with Gasteiger partial charge in [-0.05, 0) is 37.1 Å². The summed E-state index contributed by atoms with van der Waals surface area (Å²) >= 11 is 0. The Morgan fingerprint density at radius 2 is 1.71 bits per heavy atom. The van der Waals surface area contributed by atoms with Gasteiger partial charge < -0.3 is 10.6 Å². The summed E-state index contributed by atoms with van der Waals surface area (Å²) in [6.07, 6.45) is 2.10. The van der Waals surface area contributed by atoms with E-state index in [1.165, 1.54) is 18.0 Å². The van der Waals surface area contributed by atoms with Crippen LogP contribution in [0.2, 0.25) is 0 Å². The van der Waals surface area contributed by atoms with Crippen molar-refractivity contribution >= 4 is 17.3 Å². The number of anilines is 3. The molecule has 1 aromatic heterocycles. The van der Waals surface area contributed by atoms with Crippen molar-refractivity contribution in [3.8, 4) is 0 Å². The lowest BCUT2D eigenvalue weighted by Crippen LogP contribution is -2.08. The van der Waals surface area contributed by atoms with Gasteiger partial charge in [-0.25, -0.2) is 14.4 Å². The van der Waals surface area contributed by atoms with Crippen LogP contribution in [0.25, 0.3) is 0 Å². The van der Waals surface area contributed by atoms with Crippen LogP contribution in [0.4, 0.5) is 21.7 Å². The highest BCUT2D eigenvalue weighted by molar-refractivity contribution is 5.59. The second-order valence-electron chi connectivity index (χ2n) is 5.55. The van der Waals surface area contributed by atoms with Crippen LogP contribution in [0.3, 0.4) is 0 Å². The van der Waals surface area contributed by atoms with Crippen LogP contribution in [0.1, 0.15) is 11.1 Å². The van der Waals surface area contributed by atoms with Crippen molar-refractivity contribution in [3.05, 3.63) is 77.9 Å². The van der Waals surface area contributed by atoms with Crippen molar-refractivity contribution in [2.45, 2.75) is 13.3 Å². The predicted molar refractivity (Wildman–Crippen MR) is 95.1 cm³/mol. The Kier molecular flexibility index (Phi) is 5.01. The molecule has 3 rings (SSSR count). The van der Waals surface area contributed by atoms with Crippen LogP contribution in [0, 0.1) is 12.7 Å². The molecule has 1 heterocycles. The van der Waals surface area contributed by atoms with Gasteiger partial charge in [-0.2, -0.15) is 0 Å². The number of benzene rings is 2. The summed E-state index contributed by atoms with van der Waals surface area (Å²) in [5.41, 5.74) is 2.87. The SMILES string of the molecule is Cc1ccc(Nc2cc(NCCc3ccccc3F)ncn2)cc1. The molecule has 2 N–H and O–H groups in total. The van der Waals surface area contributed by atoms with Crippen LogP contribution in [-0.2, 0) is 6.42 Å². The Morgan fingerprint density at radius 3 is 2.50 bits per heavy atom. The van der Waals surface area contributed by atoms with Crippen LogP contribution in [0.5, 0.6) is 0 Å². The monoisotopic (exact) mass is 322 g/mol. The number of aromatic nitrogens is 2. The molecule has 0 bridgehead atoms. The zero-order valence-corrected chi connectivity index (χ0v) is 13.5. The van der Waals surface area contributed by atoms with E-state index in [0.717, 1.165) is 5.69 Å². The van der Waals surface area contributed by atoms with E-state index in [-0.39, 0.29) is 5.82 Å². The van der Waals surface area contributed by atoms with Crippen molar-refractivity contribution in [2.75, 3.05) is 17.2 Å². The van der Waals surface area contributed by atoms with Crippen LogP contribution in [-0.4, -0.2) is 16.5 Å². The Bertz CT molecular complexity index is 802. The lowest BCUT2D eigenvalue weighted by atomic mass is 10.1. The molecule has 0 atom stereocenters. The molecule has 0 unspecified atom stereocenters. The Morgan fingerprint density at radius 1 is 0.958 bits per heavy atom. The minimum Gasteiger partial charge on any atom is -0.370 e. The predicted octanol–water partition coefficient (Wildman–Crippen LogP) is 4.32. The smallest absolute Gasteiger partial charge is 0.135 e. The molecule has 24 heavy (non-hydrogen) atoms. The average molecular weight is 322 g/mol. The molecule has 0 saturated carbocycles. The minimum atomic E-state index is -0.177. The van der Waals surface area contributed by atoms with E-state index >= 15 is 0 Å². The van der Waals surface area contributed by atoms with E-state index in [1.807, 2.05) is 43.3 Å². The van der Waals surface area contributed by atoms with E-state index in [9.17, 15) is 4.39 Å². The zero-order valence-electron chi connectivity index (χ0n) is 13.5. The van der Waals surface area contributed by atoms with Crippen molar-refractivity contribution < 1.29 is 4.39 Å². The summed E-state index contributed by atoms with van der Waals surface area (Å²) in [6.45, 7) is 2.65. The van der Waals surface area contributed by atoms with Gasteiger partial charge in [-0.15, -0.1) is 0 Å². The standard InChI is InChI=1S/C19H19FN4/c1-14-6-8-16(9-7-14)24-19-12-18(22-13-23-19)21-11-10-15-4-2-3-5-17(15)20/h2-9,12-13H,10-11H2,1H3,(H2,21,22,23,24). The Balaban J connectivity index is 1.59. The molecular formula is C19H19FN4. The molecule has 122 valence electrons. The summed E-state index contributed by atoms with van der Waals surface area (Å²) in [5, 5.41) is 6.44. The van der Waals surface area contributed by atoms with E-state index in [2.05, 4.69) is 20.6 Å². The first kappa shape index (κ1) is 15.9. The van der Waals surface area contributed by atoms with E-state index < -0.39 is 0 Å². The maximum Gasteiger partial charge on any atom is 0.135 e. The van der Waals surface area contributed by atoms with Crippen molar-refractivity contribution in [2.24, 2.45) is 0 Å². The molecule has 0 amide bonds. The van der Waals surface area contributed by atoms with Gasteiger partial charge in [-0.3, -0.25) is 0 Å². The lowest BCUT2D eigenvalue weighted by molar-refractivity contribution is 0.610. The number of nitrogens with one attached hydrogen (secondary N) is 2. The topological polar surface area (TPSA) is 49.8 Å². The van der Waals surface area contributed by atoms with Gasteiger partial charge in [0.1, 0.15) is 23.8 Å². The second kappa shape index (κ2) is 7.55. The number of hydrogen-bond acceptors (Lipinski definition) is 4. The normalized spacial score (nSPS) is 10.4. The summed E-state index contributed by atoms with van der Waals surface area (Å²) in [7, 11) is 0. The number of hydrogen-bond donors (Lipinski definition) is 2. The summed E-state index contributed by atoms with van der Waals surface area (Å²) in [5.74, 6) is 1.24. The highest BCUT2D eigenvalue weighted by Gasteiger charge is 2.02. The van der Waals surface area contributed by atoms with Gasteiger partial charge in [-0.1, -0.05) is 35.9 Å². The molecule has 0 saturated heterocycles. The largest absolute Gasteiger partial charge is 0.370 e. The number of aryl methyl sites for hydroxylation is 1. The molecule has 2 aromatic carbocycles. The first-order chi connectivity index (χ1) is 11.7.